The van der Waals surface area contributed by atoms with E-state index >= 15 is 0 Å². The highest BCUT2D eigenvalue weighted by Gasteiger charge is 2.19. The topological polar surface area (TPSA) is 78.9 Å². The Morgan fingerprint density at radius 2 is 0.661 bits per heavy atom. The van der Waals surface area contributed by atoms with Gasteiger partial charge in [-0.1, -0.05) is 190 Å². The zero-order valence-electron chi connectivity index (χ0n) is 38.5. The lowest BCUT2D eigenvalue weighted by atomic mass is 10.1. The fourth-order valence-electron chi connectivity index (χ4n) is 6.52. The molecule has 0 bridgehead atoms. The molecular formula is C53H90O6. The van der Waals surface area contributed by atoms with Gasteiger partial charge < -0.3 is 14.2 Å². The number of carbonyl (C=O) groups is 3. The van der Waals surface area contributed by atoms with Gasteiger partial charge >= 0.3 is 17.9 Å². The van der Waals surface area contributed by atoms with Gasteiger partial charge in [-0.25, -0.2) is 0 Å². The number of unbranched alkanes of at least 4 members (excludes halogenated alkanes) is 20. The molecule has 0 aliphatic heterocycles. The predicted octanol–water partition coefficient (Wildman–Crippen LogP) is 15.9. The number of ether oxygens (including phenoxy) is 3. The van der Waals surface area contributed by atoms with Crippen LogP contribution in [0.25, 0.3) is 0 Å². The van der Waals surface area contributed by atoms with E-state index in [0.29, 0.717) is 19.3 Å². The first-order chi connectivity index (χ1) is 29.0. The summed E-state index contributed by atoms with van der Waals surface area (Å²) in [5.41, 5.74) is 0. The van der Waals surface area contributed by atoms with Crippen molar-refractivity contribution in [3.8, 4) is 0 Å². The first kappa shape index (κ1) is 55.9. The maximum Gasteiger partial charge on any atom is 0.306 e. The standard InChI is InChI=1S/C53H90O6/c1-4-7-10-13-16-19-22-24-26-28-31-33-36-39-42-45-51(54)57-48-50(59-53(56)47-44-41-38-35-30-21-18-15-12-9-6-3)49-58-52(55)46-43-40-37-34-32-29-27-25-23-20-17-14-11-8-5-2/h7,10,16-17,19-20,24-27,31,33,50H,4-6,8-9,11-15,18,21-23,28-30,32,34-49H2,1-3H3/b10-7-,19-16-,20-17-,26-24-,27-25-,33-31-/t50-/m1/s1. The van der Waals surface area contributed by atoms with E-state index in [1.54, 1.807) is 0 Å². The Balaban J connectivity index is 4.45. The van der Waals surface area contributed by atoms with Gasteiger partial charge in [-0.2, -0.15) is 0 Å². The van der Waals surface area contributed by atoms with Crippen molar-refractivity contribution in [2.45, 2.75) is 232 Å². The molecule has 0 saturated carbocycles. The Hall–Kier alpha value is -3.15. The highest BCUT2D eigenvalue weighted by Crippen LogP contribution is 2.14. The summed E-state index contributed by atoms with van der Waals surface area (Å²) in [6, 6.07) is 0. The molecule has 59 heavy (non-hydrogen) atoms. The van der Waals surface area contributed by atoms with Crippen LogP contribution < -0.4 is 0 Å². The first-order valence-electron chi connectivity index (χ1n) is 24.4. The number of esters is 3. The molecule has 0 heterocycles. The van der Waals surface area contributed by atoms with Crippen molar-refractivity contribution in [2.24, 2.45) is 0 Å². The lowest BCUT2D eigenvalue weighted by Crippen LogP contribution is -2.30. The van der Waals surface area contributed by atoms with Gasteiger partial charge in [-0.3, -0.25) is 14.4 Å². The smallest absolute Gasteiger partial charge is 0.306 e. The van der Waals surface area contributed by atoms with Crippen LogP contribution in [-0.2, 0) is 28.6 Å². The molecule has 0 N–H and O–H groups in total. The third-order valence-electron chi connectivity index (χ3n) is 10.2. The average molecular weight is 823 g/mol. The van der Waals surface area contributed by atoms with E-state index in [9.17, 15) is 14.4 Å². The molecule has 0 saturated heterocycles. The van der Waals surface area contributed by atoms with Crippen LogP contribution in [-0.4, -0.2) is 37.2 Å². The largest absolute Gasteiger partial charge is 0.462 e. The van der Waals surface area contributed by atoms with E-state index in [-0.39, 0.29) is 31.1 Å². The molecule has 338 valence electrons. The van der Waals surface area contributed by atoms with E-state index in [2.05, 4.69) is 93.7 Å². The molecule has 0 aromatic heterocycles. The van der Waals surface area contributed by atoms with Crippen LogP contribution in [0.4, 0.5) is 0 Å². The van der Waals surface area contributed by atoms with Crippen molar-refractivity contribution in [1.82, 2.24) is 0 Å². The monoisotopic (exact) mass is 823 g/mol. The maximum atomic E-state index is 12.7. The second kappa shape index (κ2) is 47.5. The van der Waals surface area contributed by atoms with E-state index in [0.717, 1.165) is 109 Å². The highest BCUT2D eigenvalue weighted by atomic mass is 16.6. The van der Waals surface area contributed by atoms with E-state index < -0.39 is 6.10 Å². The van der Waals surface area contributed by atoms with Crippen LogP contribution in [0.5, 0.6) is 0 Å². The average Bonchev–Trinajstić information content (AvgIpc) is 3.23. The molecule has 0 aliphatic carbocycles. The van der Waals surface area contributed by atoms with E-state index in [1.165, 1.54) is 77.0 Å². The fourth-order valence-corrected chi connectivity index (χ4v) is 6.52. The summed E-state index contributed by atoms with van der Waals surface area (Å²) in [6.07, 6.45) is 58.8. The Bertz CT molecular complexity index is 1130. The number of allylic oxidation sites excluding steroid dienone is 12. The second-order valence-electron chi connectivity index (χ2n) is 16.0. The van der Waals surface area contributed by atoms with Gasteiger partial charge in [0.1, 0.15) is 13.2 Å². The number of rotatable bonds is 43. The molecule has 0 spiro atoms. The van der Waals surface area contributed by atoms with E-state index in [1.807, 2.05) is 0 Å². The highest BCUT2D eigenvalue weighted by molar-refractivity contribution is 5.71. The summed E-state index contributed by atoms with van der Waals surface area (Å²) in [5, 5.41) is 0. The van der Waals surface area contributed by atoms with Gasteiger partial charge in [0.05, 0.1) is 0 Å². The minimum atomic E-state index is -0.794. The molecule has 0 fully saturated rings. The molecule has 6 nitrogen and oxygen atoms in total. The minimum Gasteiger partial charge on any atom is -0.462 e. The Morgan fingerprint density at radius 3 is 1.10 bits per heavy atom. The Kier molecular flexibility index (Phi) is 45.0. The van der Waals surface area contributed by atoms with Crippen LogP contribution >= 0.6 is 0 Å². The van der Waals surface area contributed by atoms with Crippen molar-refractivity contribution >= 4 is 17.9 Å². The van der Waals surface area contributed by atoms with Crippen LogP contribution in [0.15, 0.2) is 72.9 Å². The van der Waals surface area contributed by atoms with Crippen LogP contribution in [0.1, 0.15) is 226 Å². The van der Waals surface area contributed by atoms with Crippen LogP contribution in [0.2, 0.25) is 0 Å². The molecule has 0 aromatic carbocycles. The van der Waals surface area contributed by atoms with Gasteiger partial charge in [-0.15, -0.1) is 0 Å². The fraction of sp³-hybridized carbons (Fsp3) is 0.717. The van der Waals surface area contributed by atoms with Gasteiger partial charge in [0.25, 0.3) is 0 Å². The zero-order chi connectivity index (χ0) is 43.0. The molecule has 0 amide bonds. The minimum absolute atomic E-state index is 0.0950. The zero-order valence-corrected chi connectivity index (χ0v) is 38.5. The van der Waals surface area contributed by atoms with Gasteiger partial charge in [-0.05, 0) is 89.9 Å². The summed E-state index contributed by atoms with van der Waals surface area (Å²) in [4.78, 5) is 37.8. The molecule has 6 heteroatoms. The van der Waals surface area contributed by atoms with Crippen molar-refractivity contribution < 1.29 is 28.6 Å². The van der Waals surface area contributed by atoms with Crippen molar-refractivity contribution in [3.05, 3.63) is 72.9 Å². The van der Waals surface area contributed by atoms with Crippen molar-refractivity contribution in [2.75, 3.05) is 13.2 Å². The molecular weight excluding hydrogens is 733 g/mol. The molecule has 0 radical (unpaired) electrons. The third-order valence-corrected chi connectivity index (χ3v) is 10.2. The van der Waals surface area contributed by atoms with E-state index in [4.69, 9.17) is 14.2 Å². The molecule has 0 rings (SSSR count). The predicted molar refractivity (Wildman–Crippen MR) is 251 cm³/mol. The Labute approximate surface area is 363 Å². The maximum absolute atomic E-state index is 12.7. The number of hydrogen-bond donors (Lipinski definition) is 0. The molecule has 1 atom stereocenters. The van der Waals surface area contributed by atoms with Gasteiger partial charge in [0, 0.05) is 19.3 Å². The number of hydrogen-bond acceptors (Lipinski definition) is 6. The number of carbonyl (C=O) groups excluding carboxylic acids is 3. The van der Waals surface area contributed by atoms with Crippen molar-refractivity contribution in [1.29, 1.82) is 0 Å². The van der Waals surface area contributed by atoms with Crippen LogP contribution in [0.3, 0.4) is 0 Å². The summed E-state index contributed by atoms with van der Waals surface area (Å²) in [6.45, 7) is 6.43. The first-order valence-corrected chi connectivity index (χ1v) is 24.4. The SMILES string of the molecule is CC/C=C\C/C=C\C/C=C\C/C=C\CCCCC(=O)OC[C@H](COC(=O)CCCCCCC/C=C\C/C=C\CCCCC)OC(=O)CCCCCCCCCCCCC. The summed E-state index contributed by atoms with van der Waals surface area (Å²) in [7, 11) is 0. The third kappa shape index (κ3) is 45.8. The summed E-state index contributed by atoms with van der Waals surface area (Å²) >= 11 is 0. The molecule has 0 aromatic rings. The normalized spacial score (nSPS) is 12.7. The summed E-state index contributed by atoms with van der Waals surface area (Å²) < 4.78 is 16.7. The lowest BCUT2D eigenvalue weighted by Gasteiger charge is -2.18. The van der Waals surface area contributed by atoms with Gasteiger partial charge in [0.15, 0.2) is 6.10 Å². The van der Waals surface area contributed by atoms with Crippen molar-refractivity contribution in [3.63, 3.8) is 0 Å². The molecule has 0 aliphatic rings. The molecule has 0 unspecified atom stereocenters. The van der Waals surface area contributed by atoms with Gasteiger partial charge in [0.2, 0.25) is 0 Å². The quantitative estimate of drug-likeness (QED) is 0.0264. The lowest BCUT2D eigenvalue weighted by molar-refractivity contribution is -0.167. The summed E-state index contributed by atoms with van der Waals surface area (Å²) in [5.74, 6) is -0.952. The Morgan fingerprint density at radius 1 is 0.356 bits per heavy atom. The van der Waals surface area contributed by atoms with Crippen LogP contribution in [0, 0.1) is 0 Å². The second-order valence-corrected chi connectivity index (χ2v) is 16.0.